The molecule has 1 N–H and O–H groups in total. The van der Waals surface area contributed by atoms with Crippen LogP contribution in [0.2, 0.25) is 0 Å². The van der Waals surface area contributed by atoms with E-state index in [9.17, 15) is 4.79 Å². The molecule has 3 rings (SSSR count). The summed E-state index contributed by atoms with van der Waals surface area (Å²) in [6.45, 7) is 5.64. The van der Waals surface area contributed by atoms with Crippen LogP contribution in [0.1, 0.15) is 41.7 Å². The number of aromatic nitrogens is 2. The first kappa shape index (κ1) is 16.9. The van der Waals surface area contributed by atoms with Crippen LogP contribution in [-0.4, -0.2) is 40.7 Å². The molecule has 0 spiro atoms. The summed E-state index contributed by atoms with van der Waals surface area (Å²) in [5.41, 5.74) is 2.04. The Morgan fingerprint density at radius 1 is 1.50 bits per heavy atom. The van der Waals surface area contributed by atoms with Crippen molar-refractivity contribution in [1.82, 2.24) is 20.2 Å². The minimum absolute atomic E-state index is 0.0259. The molecule has 24 heavy (non-hydrogen) atoms. The van der Waals surface area contributed by atoms with E-state index < -0.39 is 0 Å². The second-order valence-corrected chi connectivity index (χ2v) is 6.69. The normalized spacial score (nSPS) is 19.1. The molecule has 1 aliphatic rings. The monoisotopic (exact) mass is 346 g/mol. The molecule has 3 heterocycles. The maximum atomic E-state index is 12.9. The van der Waals surface area contributed by atoms with E-state index in [4.69, 9.17) is 4.74 Å². The zero-order chi connectivity index (χ0) is 16.9. The molecule has 1 saturated heterocycles. The van der Waals surface area contributed by atoms with Gasteiger partial charge in [0.05, 0.1) is 19.3 Å². The predicted molar refractivity (Wildman–Crippen MR) is 92.9 cm³/mol. The number of hydrogen-bond acceptors (Lipinski definition) is 5. The molecule has 0 bridgehead atoms. The van der Waals surface area contributed by atoms with Crippen molar-refractivity contribution >= 4 is 17.4 Å². The van der Waals surface area contributed by atoms with Crippen molar-refractivity contribution in [3.8, 4) is 0 Å². The number of aryl methyl sites for hydroxylation is 1. The summed E-state index contributed by atoms with van der Waals surface area (Å²) in [6.07, 6.45) is 4.32. The summed E-state index contributed by atoms with van der Waals surface area (Å²) in [5, 5.41) is 6.08. The Morgan fingerprint density at radius 2 is 2.29 bits per heavy atom. The lowest BCUT2D eigenvalue weighted by molar-refractivity contribution is 0.0109. The van der Waals surface area contributed by atoms with E-state index in [-0.39, 0.29) is 18.1 Å². The number of thiazole rings is 1. The molecule has 2 unspecified atom stereocenters. The van der Waals surface area contributed by atoms with Crippen molar-refractivity contribution < 1.29 is 9.53 Å². The van der Waals surface area contributed by atoms with E-state index in [0.717, 1.165) is 22.7 Å². The highest BCUT2D eigenvalue weighted by molar-refractivity contribution is 7.09. The molecule has 0 aliphatic carbocycles. The third-order valence-electron chi connectivity index (χ3n) is 4.13. The highest BCUT2D eigenvalue weighted by Crippen LogP contribution is 2.27. The smallest absolute Gasteiger partial charge is 0.318 e. The number of carbonyl (C=O) groups is 1. The van der Waals surface area contributed by atoms with Gasteiger partial charge < -0.3 is 15.0 Å². The van der Waals surface area contributed by atoms with Gasteiger partial charge in [0, 0.05) is 30.0 Å². The van der Waals surface area contributed by atoms with Crippen LogP contribution in [0.5, 0.6) is 0 Å². The largest absolute Gasteiger partial charge is 0.377 e. The molecular formula is C17H22N4O2S. The number of ether oxygens (including phenoxy) is 1. The highest BCUT2D eigenvalue weighted by Gasteiger charge is 2.31. The van der Waals surface area contributed by atoms with Gasteiger partial charge >= 0.3 is 6.03 Å². The first-order valence-electron chi connectivity index (χ1n) is 8.16. The third-order valence-corrected chi connectivity index (χ3v) is 5.19. The number of nitrogens with one attached hydrogen (secondary N) is 1. The molecule has 0 radical (unpaired) electrons. The van der Waals surface area contributed by atoms with E-state index >= 15 is 0 Å². The zero-order valence-corrected chi connectivity index (χ0v) is 14.8. The fourth-order valence-corrected chi connectivity index (χ4v) is 3.72. The summed E-state index contributed by atoms with van der Waals surface area (Å²) in [6, 6.07) is 3.67. The second-order valence-electron chi connectivity index (χ2n) is 5.80. The standard InChI is InChI=1S/C17H22N4O2S/c1-3-14(13-4-6-18-7-5-13)20-17(22)21-8-9-23-10-15(21)16-19-12(2)11-24-16/h4-7,11,14-15H,3,8-10H2,1-2H3,(H,20,22). The molecular weight excluding hydrogens is 324 g/mol. The molecule has 7 heteroatoms. The van der Waals surface area contributed by atoms with Gasteiger partial charge in [-0.1, -0.05) is 6.92 Å². The molecule has 1 fully saturated rings. The van der Waals surface area contributed by atoms with Crippen molar-refractivity contribution in [3.05, 3.63) is 46.2 Å². The molecule has 2 aromatic heterocycles. The van der Waals surface area contributed by atoms with E-state index in [1.165, 1.54) is 0 Å². The Morgan fingerprint density at radius 3 is 2.96 bits per heavy atom. The maximum absolute atomic E-state index is 12.9. The van der Waals surface area contributed by atoms with E-state index in [1.807, 2.05) is 29.3 Å². The van der Waals surface area contributed by atoms with Gasteiger partial charge in [0.25, 0.3) is 0 Å². The minimum Gasteiger partial charge on any atom is -0.377 e. The molecule has 0 saturated carbocycles. The Hall–Kier alpha value is -1.99. The fourth-order valence-electron chi connectivity index (χ4n) is 2.83. The van der Waals surface area contributed by atoms with Gasteiger partial charge in [0.2, 0.25) is 0 Å². The van der Waals surface area contributed by atoms with Crippen LogP contribution in [0.3, 0.4) is 0 Å². The number of pyridine rings is 1. The number of morpholine rings is 1. The highest BCUT2D eigenvalue weighted by atomic mass is 32.1. The second kappa shape index (κ2) is 7.72. The van der Waals surface area contributed by atoms with Crippen LogP contribution >= 0.6 is 11.3 Å². The number of rotatable bonds is 4. The predicted octanol–water partition coefficient (Wildman–Crippen LogP) is 3.08. The molecule has 2 atom stereocenters. The summed E-state index contributed by atoms with van der Waals surface area (Å²) in [4.78, 5) is 23.3. The number of amides is 2. The molecule has 1 aliphatic heterocycles. The van der Waals surface area contributed by atoms with Crippen LogP contribution in [0, 0.1) is 6.92 Å². The topological polar surface area (TPSA) is 67.4 Å². The Bertz CT molecular complexity index is 676. The summed E-state index contributed by atoms with van der Waals surface area (Å²) in [7, 11) is 0. The lowest BCUT2D eigenvalue weighted by Gasteiger charge is -2.35. The lowest BCUT2D eigenvalue weighted by atomic mass is 10.1. The number of carbonyl (C=O) groups excluding carboxylic acids is 1. The summed E-state index contributed by atoms with van der Waals surface area (Å²) in [5.74, 6) is 0. The van der Waals surface area contributed by atoms with Crippen molar-refractivity contribution in [3.63, 3.8) is 0 Å². The van der Waals surface area contributed by atoms with Crippen LogP contribution in [-0.2, 0) is 4.74 Å². The molecule has 2 amide bonds. The average molecular weight is 346 g/mol. The van der Waals surface area contributed by atoms with E-state index in [0.29, 0.717) is 19.8 Å². The summed E-state index contributed by atoms with van der Waals surface area (Å²) < 4.78 is 5.58. The quantitative estimate of drug-likeness (QED) is 0.924. The number of urea groups is 1. The Kier molecular flexibility index (Phi) is 5.42. The summed E-state index contributed by atoms with van der Waals surface area (Å²) >= 11 is 1.58. The van der Waals surface area contributed by atoms with Crippen molar-refractivity contribution in [1.29, 1.82) is 0 Å². The first-order chi connectivity index (χ1) is 11.7. The molecule has 128 valence electrons. The van der Waals surface area contributed by atoms with Gasteiger partial charge in [0.15, 0.2) is 0 Å². The average Bonchev–Trinajstić information content (AvgIpc) is 3.06. The fraction of sp³-hybridized carbons (Fsp3) is 0.471. The van der Waals surface area contributed by atoms with Crippen molar-refractivity contribution in [2.24, 2.45) is 0 Å². The van der Waals surface area contributed by atoms with Crippen LogP contribution < -0.4 is 5.32 Å². The van der Waals surface area contributed by atoms with Gasteiger partial charge in [-0.15, -0.1) is 11.3 Å². The van der Waals surface area contributed by atoms with E-state index in [1.54, 1.807) is 23.7 Å². The van der Waals surface area contributed by atoms with Gasteiger partial charge in [0.1, 0.15) is 11.0 Å². The van der Waals surface area contributed by atoms with Crippen molar-refractivity contribution in [2.45, 2.75) is 32.4 Å². The molecule has 2 aromatic rings. The maximum Gasteiger partial charge on any atom is 0.318 e. The lowest BCUT2D eigenvalue weighted by Crippen LogP contribution is -2.48. The Balaban J connectivity index is 1.74. The van der Waals surface area contributed by atoms with Crippen molar-refractivity contribution in [2.75, 3.05) is 19.8 Å². The SMILES string of the molecule is CCC(NC(=O)N1CCOCC1c1nc(C)cs1)c1ccncc1. The van der Waals surface area contributed by atoms with Gasteiger partial charge in [-0.2, -0.15) is 0 Å². The number of nitrogens with zero attached hydrogens (tertiary/aromatic N) is 3. The zero-order valence-electron chi connectivity index (χ0n) is 13.9. The van der Waals surface area contributed by atoms with E-state index in [2.05, 4.69) is 22.2 Å². The van der Waals surface area contributed by atoms with Crippen LogP contribution in [0.15, 0.2) is 29.9 Å². The third kappa shape index (κ3) is 3.73. The van der Waals surface area contributed by atoms with Gasteiger partial charge in [-0.05, 0) is 31.0 Å². The number of hydrogen-bond donors (Lipinski definition) is 1. The molecule has 6 nitrogen and oxygen atoms in total. The Labute approximate surface area is 145 Å². The first-order valence-corrected chi connectivity index (χ1v) is 9.03. The molecule has 0 aromatic carbocycles. The van der Waals surface area contributed by atoms with Gasteiger partial charge in [-0.25, -0.2) is 9.78 Å². The van der Waals surface area contributed by atoms with Crippen LogP contribution in [0.25, 0.3) is 0 Å². The van der Waals surface area contributed by atoms with Gasteiger partial charge in [-0.3, -0.25) is 4.98 Å². The van der Waals surface area contributed by atoms with Crippen LogP contribution in [0.4, 0.5) is 4.79 Å². The minimum atomic E-state index is -0.118.